The van der Waals surface area contributed by atoms with Gasteiger partial charge in [-0.2, -0.15) is 4.31 Å². The third-order valence-corrected chi connectivity index (χ3v) is 8.01. The van der Waals surface area contributed by atoms with Crippen LogP contribution in [-0.4, -0.2) is 55.2 Å². The molecule has 1 N–H and O–H groups in total. The number of sulfone groups is 1. The number of piperidine rings is 1. The first-order valence-electron chi connectivity index (χ1n) is 6.93. The molecule has 1 saturated heterocycles. The summed E-state index contributed by atoms with van der Waals surface area (Å²) in [4.78, 5) is 6.30. The molecule has 0 radical (unpaired) electrons. The molecule has 1 aromatic heterocycles. The standard InChI is InChI=1S/C12H21N3O4S2/c1-10(2)8-20(16,17)11-3-5-15(6-4-11)21(18,19)12-7-13-9-14-12/h7,9-11H,3-6,8H2,1-2H3,(H,13,14). The minimum absolute atomic E-state index is 0.0472. The predicted octanol–water partition coefficient (Wildman–Crippen LogP) is 0.634. The van der Waals surface area contributed by atoms with Gasteiger partial charge in [0.25, 0.3) is 10.0 Å². The maximum absolute atomic E-state index is 12.3. The second-order valence-electron chi connectivity index (χ2n) is 5.74. The van der Waals surface area contributed by atoms with Crippen molar-refractivity contribution in [3.05, 3.63) is 12.5 Å². The summed E-state index contributed by atoms with van der Waals surface area (Å²) in [5.74, 6) is 0.243. The third-order valence-electron chi connectivity index (χ3n) is 3.57. The van der Waals surface area contributed by atoms with Gasteiger partial charge >= 0.3 is 0 Å². The molecule has 2 heterocycles. The Kier molecular flexibility index (Phi) is 4.74. The zero-order valence-corrected chi connectivity index (χ0v) is 13.8. The van der Waals surface area contributed by atoms with Gasteiger partial charge in [0.15, 0.2) is 14.9 Å². The van der Waals surface area contributed by atoms with E-state index in [-0.39, 0.29) is 29.8 Å². The summed E-state index contributed by atoms with van der Waals surface area (Å²) in [6.07, 6.45) is 3.27. The lowest BCUT2D eigenvalue weighted by atomic mass is 10.2. The van der Waals surface area contributed by atoms with Crippen molar-refractivity contribution in [2.24, 2.45) is 5.92 Å². The van der Waals surface area contributed by atoms with E-state index in [0.29, 0.717) is 12.8 Å². The minimum Gasteiger partial charge on any atom is -0.335 e. The lowest BCUT2D eigenvalue weighted by molar-refractivity contribution is 0.344. The van der Waals surface area contributed by atoms with Crippen LogP contribution >= 0.6 is 0 Å². The summed E-state index contributed by atoms with van der Waals surface area (Å²) >= 11 is 0. The number of H-pyrrole nitrogens is 1. The summed E-state index contributed by atoms with van der Waals surface area (Å²) in [5, 5.41) is -0.390. The molecule has 1 fully saturated rings. The van der Waals surface area contributed by atoms with Gasteiger partial charge in [-0.1, -0.05) is 13.8 Å². The third kappa shape index (κ3) is 3.64. The number of aromatic nitrogens is 2. The lowest BCUT2D eigenvalue weighted by Gasteiger charge is -2.30. The molecule has 0 atom stereocenters. The summed E-state index contributed by atoms with van der Waals surface area (Å²) in [5.41, 5.74) is 0. The fourth-order valence-electron chi connectivity index (χ4n) is 2.56. The Morgan fingerprint density at radius 3 is 2.38 bits per heavy atom. The number of aromatic amines is 1. The molecule has 0 unspecified atom stereocenters. The SMILES string of the molecule is CC(C)CS(=O)(=O)C1CCN(S(=O)(=O)c2cnc[nH]2)CC1. The minimum atomic E-state index is -3.59. The first-order chi connectivity index (χ1) is 9.73. The molecule has 0 aromatic carbocycles. The Hall–Kier alpha value is -0.930. The van der Waals surface area contributed by atoms with Crippen molar-refractivity contribution in [3.63, 3.8) is 0 Å². The number of nitrogens with zero attached hydrogens (tertiary/aromatic N) is 2. The summed E-state index contributed by atoms with van der Waals surface area (Å²) < 4.78 is 50.3. The van der Waals surface area contributed by atoms with E-state index in [0.717, 1.165) is 0 Å². The van der Waals surface area contributed by atoms with E-state index in [4.69, 9.17) is 0 Å². The average Bonchev–Trinajstić information content (AvgIpc) is 2.92. The van der Waals surface area contributed by atoms with Crippen molar-refractivity contribution >= 4 is 19.9 Å². The van der Waals surface area contributed by atoms with Gasteiger partial charge in [0.1, 0.15) is 0 Å². The van der Waals surface area contributed by atoms with Crippen molar-refractivity contribution in [3.8, 4) is 0 Å². The van der Waals surface area contributed by atoms with Crippen LogP contribution < -0.4 is 0 Å². The van der Waals surface area contributed by atoms with Gasteiger partial charge < -0.3 is 4.98 Å². The van der Waals surface area contributed by atoms with E-state index in [1.54, 1.807) is 0 Å². The van der Waals surface area contributed by atoms with Gasteiger partial charge in [-0.25, -0.2) is 21.8 Å². The number of rotatable bonds is 5. The average molecular weight is 335 g/mol. The molecular weight excluding hydrogens is 314 g/mol. The van der Waals surface area contributed by atoms with E-state index in [9.17, 15) is 16.8 Å². The second-order valence-corrected chi connectivity index (χ2v) is 9.97. The van der Waals surface area contributed by atoms with Crippen molar-refractivity contribution in [2.75, 3.05) is 18.8 Å². The Bertz CT molecular complexity index is 657. The number of hydrogen-bond acceptors (Lipinski definition) is 5. The van der Waals surface area contributed by atoms with Gasteiger partial charge in [0.2, 0.25) is 0 Å². The number of imidazole rings is 1. The zero-order chi connectivity index (χ0) is 15.7. The van der Waals surface area contributed by atoms with E-state index < -0.39 is 25.1 Å². The molecular formula is C12H21N3O4S2. The van der Waals surface area contributed by atoms with Gasteiger partial charge in [-0.3, -0.25) is 0 Å². The molecule has 2 rings (SSSR count). The topological polar surface area (TPSA) is 100 Å². The van der Waals surface area contributed by atoms with Crippen LogP contribution in [0.25, 0.3) is 0 Å². The molecule has 1 aliphatic heterocycles. The highest BCUT2D eigenvalue weighted by atomic mass is 32.2. The van der Waals surface area contributed by atoms with Crippen molar-refractivity contribution < 1.29 is 16.8 Å². The highest BCUT2D eigenvalue weighted by Crippen LogP contribution is 2.24. The summed E-state index contributed by atoms with van der Waals surface area (Å²) in [7, 11) is -6.74. The molecule has 0 saturated carbocycles. The van der Waals surface area contributed by atoms with Crippen LogP contribution in [0.3, 0.4) is 0 Å². The molecule has 21 heavy (non-hydrogen) atoms. The van der Waals surface area contributed by atoms with E-state index in [2.05, 4.69) is 9.97 Å². The molecule has 7 nitrogen and oxygen atoms in total. The van der Waals surface area contributed by atoms with Crippen LogP contribution in [-0.2, 0) is 19.9 Å². The lowest BCUT2D eigenvalue weighted by Crippen LogP contribution is -2.43. The predicted molar refractivity (Wildman–Crippen MR) is 79.0 cm³/mol. The van der Waals surface area contributed by atoms with Gasteiger partial charge in [-0.05, 0) is 18.8 Å². The smallest absolute Gasteiger partial charge is 0.260 e. The van der Waals surface area contributed by atoms with Crippen LogP contribution in [0.4, 0.5) is 0 Å². The number of nitrogens with one attached hydrogen (secondary N) is 1. The van der Waals surface area contributed by atoms with Crippen molar-refractivity contribution in [1.29, 1.82) is 0 Å². The van der Waals surface area contributed by atoms with Crippen LogP contribution in [0.15, 0.2) is 17.6 Å². The van der Waals surface area contributed by atoms with E-state index in [1.165, 1.54) is 16.8 Å². The van der Waals surface area contributed by atoms with Crippen LogP contribution in [0.1, 0.15) is 26.7 Å². The highest BCUT2D eigenvalue weighted by Gasteiger charge is 2.35. The fraction of sp³-hybridized carbons (Fsp3) is 0.750. The Morgan fingerprint density at radius 1 is 1.29 bits per heavy atom. The molecule has 0 amide bonds. The maximum Gasteiger partial charge on any atom is 0.260 e. The summed E-state index contributed by atoms with van der Waals surface area (Å²) in [6, 6.07) is 0. The van der Waals surface area contributed by atoms with E-state index in [1.807, 2.05) is 13.8 Å². The van der Waals surface area contributed by atoms with Gasteiger partial charge in [0, 0.05) is 13.1 Å². The van der Waals surface area contributed by atoms with Gasteiger partial charge in [0.05, 0.1) is 23.5 Å². The first kappa shape index (κ1) is 16.4. The maximum atomic E-state index is 12.3. The van der Waals surface area contributed by atoms with Crippen molar-refractivity contribution in [1.82, 2.24) is 14.3 Å². The molecule has 1 aromatic rings. The molecule has 1 aliphatic rings. The normalized spacial score (nSPS) is 19.2. The van der Waals surface area contributed by atoms with Crippen LogP contribution in [0.2, 0.25) is 0 Å². The largest absolute Gasteiger partial charge is 0.335 e. The monoisotopic (exact) mass is 335 g/mol. The van der Waals surface area contributed by atoms with E-state index >= 15 is 0 Å². The zero-order valence-electron chi connectivity index (χ0n) is 12.2. The second kappa shape index (κ2) is 6.05. The molecule has 0 aliphatic carbocycles. The van der Waals surface area contributed by atoms with Crippen molar-refractivity contribution in [2.45, 2.75) is 37.0 Å². The molecule has 0 spiro atoms. The highest BCUT2D eigenvalue weighted by molar-refractivity contribution is 7.92. The Balaban J connectivity index is 2.04. The fourth-order valence-corrected chi connectivity index (χ4v) is 6.05. The molecule has 0 bridgehead atoms. The Morgan fingerprint density at radius 2 is 1.90 bits per heavy atom. The number of sulfonamides is 1. The molecule has 9 heteroatoms. The van der Waals surface area contributed by atoms with Crippen LogP contribution in [0, 0.1) is 5.92 Å². The van der Waals surface area contributed by atoms with Crippen LogP contribution in [0.5, 0.6) is 0 Å². The quantitative estimate of drug-likeness (QED) is 0.851. The molecule has 120 valence electrons. The number of hydrogen-bond donors (Lipinski definition) is 1. The summed E-state index contributed by atoms with van der Waals surface area (Å²) in [6.45, 7) is 4.19. The van der Waals surface area contributed by atoms with Gasteiger partial charge in [-0.15, -0.1) is 0 Å². The first-order valence-corrected chi connectivity index (χ1v) is 10.1. The Labute approximate surface area is 125 Å².